The van der Waals surface area contributed by atoms with E-state index in [0.717, 1.165) is 19.4 Å². The van der Waals surface area contributed by atoms with E-state index in [0.29, 0.717) is 38.9 Å². The molecule has 1 aliphatic heterocycles. The maximum atomic E-state index is 6.08. The van der Waals surface area contributed by atoms with Crippen molar-refractivity contribution in [2.24, 2.45) is 5.41 Å². The van der Waals surface area contributed by atoms with Gasteiger partial charge in [0.05, 0.1) is 32.5 Å². The van der Waals surface area contributed by atoms with Crippen LogP contribution in [0.15, 0.2) is 0 Å². The summed E-state index contributed by atoms with van der Waals surface area (Å²) >= 11 is 6.08. The molecule has 1 fully saturated rings. The molecule has 0 spiro atoms. The predicted octanol–water partition coefficient (Wildman–Crippen LogP) is 2.09. The van der Waals surface area contributed by atoms with E-state index in [4.69, 9.17) is 30.5 Å². The highest BCUT2D eigenvalue weighted by atomic mass is 35.5. The Morgan fingerprint density at radius 1 is 1.17 bits per heavy atom. The Bertz CT molecular complexity index is 215. The van der Waals surface area contributed by atoms with Gasteiger partial charge in [-0.1, -0.05) is 0 Å². The normalized spacial score (nSPS) is 27.8. The summed E-state index contributed by atoms with van der Waals surface area (Å²) in [5.74, 6) is 0.641. The molecule has 4 nitrogen and oxygen atoms in total. The third kappa shape index (κ3) is 5.02. The Kier molecular flexibility index (Phi) is 8.18. The molecule has 1 saturated heterocycles. The van der Waals surface area contributed by atoms with Crippen LogP contribution < -0.4 is 0 Å². The van der Waals surface area contributed by atoms with Crippen LogP contribution >= 0.6 is 11.6 Å². The highest BCUT2D eigenvalue weighted by molar-refractivity contribution is 6.18. The minimum absolute atomic E-state index is 0.0957. The van der Waals surface area contributed by atoms with Gasteiger partial charge in [-0.3, -0.25) is 0 Å². The minimum atomic E-state index is 0.0957. The number of hydrogen-bond acceptors (Lipinski definition) is 4. The van der Waals surface area contributed by atoms with E-state index in [1.54, 1.807) is 7.11 Å². The molecule has 1 aliphatic rings. The highest BCUT2D eigenvalue weighted by Crippen LogP contribution is 2.39. The molecule has 2 atom stereocenters. The van der Waals surface area contributed by atoms with Gasteiger partial charge in [-0.25, -0.2) is 0 Å². The van der Waals surface area contributed by atoms with Crippen molar-refractivity contribution in [3.8, 4) is 0 Å². The molecule has 2 unspecified atom stereocenters. The summed E-state index contributed by atoms with van der Waals surface area (Å²) in [5.41, 5.74) is 0.0957. The van der Waals surface area contributed by atoms with Crippen LogP contribution in [0.2, 0.25) is 0 Å². The Morgan fingerprint density at radius 2 is 1.83 bits per heavy atom. The average Bonchev–Trinajstić information content (AvgIpc) is 2.75. The lowest BCUT2D eigenvalue weighted by molar-refractivity contribution is 0.00879. The summed E-state index contributed by atoms with van der Waals surface area (Å²) in [6.45, 7) is 6.12. The number of halogens is 1. The van der Waals surface area contributed by atoms with Crippen LogP contribution in [0.3, 0.4) is 0 Å². The molecule has 108 valence electrons. The van der Waals surface area contributed by atoms with Gasteiger partial charge < -0.3 is 18.9 Å². The molecule has 1 heterocycles. The number of rotatable bonds is 10. The van der Waals surface area contributed by atoms with E-state index in [1.165, 1.54) is 0 Å². The van der Waals surface area contributed by atoms with Crippen molar-refractivity contribution < 1.29 is 18.9 Å². The minimum Gasteiger partial charge on any atom is -0.382 e. The fraction of sp³-hybridized carbons (Fsp3) is 1.00. The van der Waals surface area contributed by atoms with Gasteiger partial charge >= 0.3 is 0 Å². The lowest BCUT2D eigenvalue weighted by Crippen LogP contribution is -2.32. The number of alkyl halides is 1. The lowest BCUT2D eigenvalue weighted by Gasteiger charge is -2.29. The monoisotopic (exact) mass is 280 g/mol. The Balaban J connectivity index is 2.03. The summed E-state index contributed by atoms with van der Waals surface area (Å²) in [7, 11) is 1.66. The molecule has 0 bridgehead atoms. The smallest absolute Gasteiger partial charge is 0.0701 e. The predicted molar refractivity (Wildman–Crippen MR) is 71.3 cm³/mol. The van der Waals surface area contributed by atoms with Gasteiger partial charge in [0.15, 0.2) is 0 Å². The van der Waals surface area contributed by atoms with Gasteiger partial charge in [-0.05, 0) is 19.8 Å². The molecule has 0 aliphatic carbocycles. The second kappa shape index (κ2) is 9.10. The summed E-state index contributed by atoms with van der Waals surface area (Å²) in [6.07, 6.45) is 2.22. The Labute approximate surface area is 115 Å². The fourth-order valence-electron chi connectivity index (χ4n) is 2.13. The maximum absolute atomic E-state index is 6.08. The van der Waals surface area contributed by atoms with Gasteiger partial charge in [-0.15, -0.1) is 11.6 Å². The molecule has 5 heteroatoms. The van der Waals surface area contributed by atoms with Gasteiger partial charge in [0, 0.05) is 31.6 Å². The summed E-state index contributed by atoms with van der Waals surface area (Å²) < 4.78 is 21.4. The SMILES string of the molecule is COCCOCCOCCC1(CCl)CCOC1C. The van der Waals surface area contributed by atoms with Gasteiger partial charge in [-0.2, -0.15) is 0 Å². The number of methoxy groups -OCH3 is 1. The maximum Gasteiger partial charge on any atom is 0.0701 e. The van der Waals surface area contributed by atoms with Crippen LogP contribution in [0.1, 0.15) is 19.8 Å². The molecule has 0 aromatic carbocycles. The molecular formula is C13H25ClO4. The topological polar surface area (TPSA) is 36.9 Å². The molecule has 0 aromatic heterocycles. The molecule has 0 radical (unpaired) electrons. The van der Waals surface area contributed by atoms with Crippen molar-refractivity contribution in [1.29, 1.82) is 0 Å². The molecule has 1 rings (SSSR count). The molecule has 18 heavy (non-hydrogen) atoms. The second-order valence-corrected chi connectivity index (χ2v) is 4.99. The van der Waals surface area contributed by atoms with Crippen molar-refractivity contribution in [1.82, 2.24) is 0 Å². The van der Waals surface area contributed by atoms with Crippen molar-refractivity contribution in [2.75, 3.05) is 52.6 Å². The molecule has 0 N–H and O–H groups in total. The zero-order chi connectivity index (χ0) is 13.3. The van der Waals surface area contributed by atoms with Crippen LogP contribution in [0, 0.1) is 5.41 Å². The quantitative estimate of drug-likeness (QED) is 0.454. The van der Waals surface area contributed by atoms with Gasteiger partial charge in [0.1, 0.15) is 0 Å². The lowest BCUT2D eigenvalue weighted by atomic mass is 9.81. The largest absolute Gasteiger partial charge is 0.382 e. The van der Waals surface area contributed by atoms with Crippen LogP contribution in [0.4, 0.5) is 0 Å². The second-order valence-electron chi connectivity index (χ2n) is 4.73. The van der Waals surface area contributed by atoms with E-state index in [-0.39, 0.29) is 11.5 Å². The van der Waals surface area contributed by atoms with E-state index in [9.17, 15) is 0 Å². The standard InChI is InChI=1S/C13H25ClO4/c1-12-13(11-14,4-6-18-12)3-5-16-9-10-17-8-7-15-2/h12H,3-11H2,1-2H3. The molecule has 0 saturated carbocycles. The summed E-state index contributed by atoms with van der Waals surface area (Å²) in [6, 6.07) is 0. The van der Waals surface area contributed by atoms with Crippen LogP contribution in [-0.4, -0.2) is 58.7 Å². The van der Waals surface area contributed by atoms with E-state index in [2.05, 4.69) is 6.92 Å². The van der Waals surface area contributed by atoms with Crippen LogP contribution in [0.25, 0.3) is 0 Å². The average molecular weight is 281 g/mol. The highest BCUT2D eigenvalue weighted by Gasteiger charge is 2.40. The molecule has 0 aromatic rings. The Hall–Kier alpha value is 0.130. The number of ether oxygens (including phenoxy) is 4. The number of hydrogen-bond donors (Lipinski definition) is 0. The molecule has 0 amide bonds. The van der Waals surface area contributed by atoms with Crippen molar-refractivity contribution >= 4 is 11.6 Å². The first-order chi connectivity index (χ1) is 8.75. The third-order valence-corrected chi connectivity index (χ3v) is 4.18. The van der Waals surface area contributed by atoms with E-state index >= 15 is 0 Å². The van der Waals surface area contributed by atoms with Crippen LogP contribution in [0.5, 0.6) is 0 Å². The van der Waals surface area contributed by atoms with E-state index < -0.39 is 0 Å². The first-order valence-electron chi connectivity index (χ1n) is 6.57. The van der Waals surface area contributed by atoms with Gasteiger partial charge in [0.25, 0.3) is 0 Å². The van der Waals surface area contributed by atoms with Crippen molar-refractivity contribution in [2.45, 2.75) is 25.9 Å². The zero-order valence-electron chi connectivity index (χ0n) is 11.5. The summed E-state index contributed by atoms with van der Waals surface area (Å²) in [5, 5.41) is 0. The van der Waals surface area contributed by atoms with E-state index in [1.807, 2.05) is 0 Å². The molecular weight excluding hydrogens is 256 g/mol. The van der Waals surface area contributed by atoms with Crippen LogP contribution in [-0.2, 0) is 18.9 Å². The summed E-state index contributed by atoms with van der Waals surface area (Å²) in [4.78, 5) is 0. The van der Waals surface area contributed by atoms with Crippen molar-refractivity contribution in [3.05, 3.63) is 0 Å². The Morgan fingerprint density at radius 3 is 2.39 bits per heavy atom. The first-order valence-corrected chi connectivity index (χ1v) is 7.10. The van der Waals surface area contributed by atoms with Crippen molar-refractivity contribution in [3.63, 3.8) is 0 Å². The first kappa shape index (κ1) is 16.2. The fourth-order valence-corrected chi connectivity index (χ4v) is 2.61. The van der Waals surface area contributed by atoms with Gasteiger partial charge in [0.2, 0.25) is 0 Å². The zero-order valence-corrected chi connectivity index (χ0v) is 12.2. The third-order valence-electron chi connectivity index (χ3n) is 3.64.